The molecule has 0 fully saturated rings. The Hall–Kier alpha value is -4.56. The second-order valence-electron chi connectivity index (χ2n) is 8.92. The van der Waals surface area contributed by atoms with Crippen LogP contribution in [0.1, 0.15) is 0 Å². The fraction of sp³-hybridized carbons (Fsp3) is 0. The summed E-state index contributed by atoms with van der Waals surface area (Å²) in [4.78, 5) is 0. The number of hydrogen-bond acceptors (Lipinski definition) is 1. The number of aromatic nitrogens is 1. The van der Waals surface area contributed by atoms with Gasteiger partial charge in [-0.05, 0) is 52.6 Å². The maximum Gasteiger partial charge on any atom is 0.136 e. The van der Waals surface area contributed by atoms with E-state index in [4.69, 9.17) is 4.42 Å². The van der Waals surface area contributed by atoms with Gasteiger partial charge in [0.25, 0.3) is 0 Å². The maximum absolute atomic E-state index is 6.35. The topological polar surface area (TPSA) is 18.1 Å². The molecule has 8 rings (SSSR count). The molecule has 0 bridgehead atoms. The van der Waals surface area contributed by atoms with E-state index in [1.165, 1.54) is 55.2 Å². The summed E-state index contributed by atoms with van der Waals surface area (Å²) in [7, 11) is 0. The van der Waals surface area contributed by atoms with E-state index in [0.717, 1.165) is 16.9 Å². The molecule has 0 unspecified atom stereocenters. The van der Waals surface area contributed by atoms with Crippen LogP contribution in [0.25, 0.3) is 72.0 Å². The molecule has 0 spiro atoms. The number of furan rings is 1. The van der Waals surface area contributed by atoms with Gasteiger partial charge in [0.15, 0.2) is 0 Å². The monoisotopic (exact) mass is 433 g/mol. The second-order valence-corrected chi connectivity index (χ2v) is 8.92. The lowest BCUT2D eigenvalue weighted by Gasteiger charge is -2.14. The highest BCUT2D eigenvalue weighted by molar-refractivity contribution is 6.27. The molecular formula is C32H19NO. The first-order valence-corrected chi connectivity index (χ1v) is 11.6. The van der Waals surface area contributed by atoms with Crippen molar-refractivity contribution in [2.45, 2.75) is 0 Å². The number of hydrogen-bond donors (Lipinski definition) is 0. The zero-order valence-corrected chi connectivity index (χ0v) is 18.3. The lowest BCUT2D eigenvalue weighted by atomic mass is 9.95. The number of nitrogens with zero attached hydrogens (tertiary/aromatic N) is 1. The molecule has 0 radical (unpaired) electrons. The van der Waals surface area contributed by atoms with Crippen LogP contribution < -0.4 is 0 Å². The van der Waals surface area contributed by atoms with Gasteiger partial charge < -0.3 is 8.98 Å². The van der Waals surface area contributed by atoms with Gasteiger partial charge in [-0.15, -0.1) is 0 Å². The molecule has 0 aliphatic heterocycles. The Morgan fingerprint density at radius 2 is 1.06 bits per heavy atom. The fourth-order valence-electron chi connectivity index (χ4n) is 5.84. The average molecular weight is 434 g/mol. The van der Waals surface area contributed by atoms with Crippen LogP contribution >= 0.6 is 0 Å². The zero-order chi connectivity index (χ0) is 22.2. The van der Waals surface area contributed by atoms with Crippen molar-refractivity contribution < 1.29 is 4.42 Å². The highest BCUT2D eigenvalue weighted by Crippen LogP contribution is 2.53. The first-order valence-electron chi connectivity index (χ1n) is 11.6. The van der Waals surface area contributed by atoms with Gasteiger partial charge in [-0.3, -0.25) is 0 Å². The summed E-state index contributed by atoms with van der Waals surface area (Å²) in [5.74, 6) is 0. The number of para-hydroxylation sites is 1. The molecule has 2 heteroatoms. The normalized spacial score (nSPS) is 12.1. The lowest BCUT2D eigenvalue weighted by molar-refractivity contribution is 0.669. The quantitative estimate of drug-likeness (QED) is 0.266. The van der Waals surface area contributed by atoms with Crippen LogP contribution in [-0.4, -0.2) is 4.57 Å². The summed E-state index contributed by atoms with van der Waals surface area (Å²) in [5.41, 5.74) is 11.7. The molecule has 1 aliphatic carbocycles. The van der Waals surface area contributed by atoms with Crippen LogP contribution in [0.4, 0.5) is 0 Å². The molecule has 5 aromatic carbocycles. The SMILES string of the molecule is c1ccc(-c2c3c4c(cccc4n2-c2ccccc2)-c2cccc4oc5cccc-3c5c24)cc1. The molecule has 2 heterocycles. The maximum atomic E-state index is 6.35. The summed E-state index contributed by atoms with van der Waals surface area (Å²) < 4.78 is 8.77. The molecule has 0 amide bonds. The number of rotatable bonds is 2. The molecule has 0 saturated heterocycles. The Morgan fingerprint density at radius 3 is 1.79 bits per heavy atom. The summed E-state index contributed by atoms with van der Waals surface area (Å²) in [5, 5.41) is 3.71. The first-order chi connectivity index (χ1) is 16.9. The predicted octanol–water partition coefficient (Wildman–Crippen LogP) is 8.84. The van der Waals surface area contributed by atoms with E-state index in [-0.39, 0.29) is 0 Å². The smallest absolute Gasteiger partial charge is 0.136 e. The molecule has 7 aromatic rings. The lowest BCUT2D eigenvalue weighted by Crippen LogP contribution is -1.97. The van der Waals surface area contributed by atoms with E-state index in [0.29, 0.717) is 0 Å². The van der Waals surface area contributed by atoms with Crippen LogP contribution in [0, 0.1) is 0 Å². The third-order valence-corrected chi connectivity index (χ3v) is 7.14. The van der Waals surface area contributed by atoms with Gasteiger partial charge in [0.05, 0.1) is 11.2 Å². The largest absolute Gasteiger partial charge is 0.456 e. The highest BCUT2D eigenvalue weighted by atomic mass is 16.3. The minimum atomic E-state index is 0.937. The summed E-state index contributed by atoms with van der Waals surface area (Å²) in [6, 6.07) is 41.0. The fourth-order valence-corrected chi connectivity index (χ4v) is 5.84. The van der Waals surface area contributed by atoms with E-state index in [9.17, 15) is 0 Å². The van der Waals surface area contributed by atoms with Crippen LogP contribution in [0.5, 0.6) is 0 Å². The zero-order valence-electron chi connectivity index (χ0n) is 18.3. The van der Waals surface area contributed by atoms with E-state index in [1.54, 1.807) is 0 Å². The van der Waals surface area contributed by atoms with Gasteiger partial charge in [0.2, 0.25) is 0 Å². The molecule has 0 atom stereocenters. The average Bonchev–Trinajstić information content (AvgIpc) is 3.42. The summed E-state index contributed by atoms with van der Waals surface area (Å²) in [6.45, 7) is 0. The minimum absolute atomic E-state index is 0.937. The standard InChI is InChI=1S/C32H19NO/c1-3-10-20(11-4-1)32-31-24-16-9-19-27-30(24)29-23(15-8-18-26(29)34-27)22-14-7-17-25(28(22)31)33(32)21-12-5-2-6-13-21/h1-19H. The van der Waals surface area contributed by atoms with Gasteiger partial charge in [0.1, 0.15) is 11.2 Å². The van der Waals surface area contributed by atoms with Gasteiger partial charge in [0, 0.05) is 27.4 Å². The number of benzene rings is 5. The first kappa shape index (κ1) is 17.9. The third kappa shape index (κ3) is 2.20. The Kier molecular flexibility index (Phi) is 3.42. The van der Waals surface area contributed by atoms with Crippen LogP contribution in [0.2, 0.25) is 0 Å². The van der Waals surface area contributed by atoms with Crippen molar-refractivity contribution in [1.29, 1.82) is 0 Å². The van der Waals surface area contributed by atoms with Gasteiger partial charge >= 0.3 is 0 Å². The van der Waals surface area contributed by atoms with Crippen molar-refractivity contribution in [1.82, 2.24) is 4.57 Å². The molecule has 158 valence electrons. The van der Waals surface area contributed by atoms with Crippen molar-refractivity contribution >= 4 is 32.8 Å². The van der Waals surface area contributed by atoms with Gasteiger partial charge in [-0.1, -0.05) is 84.9 Å². The summed E-state index contributed by atoms with van der Waals surface area (Å²) >= 11 is 0. The van der Waals surface area contributed by atoms with Crippen LogP contribution in [0.15, 0.2) is 120 Å². The van der Waals surface area contributed by atoms with Crippen molar-refractivity contribution in [2.75, 3.05) is 0 Å². The molecule has 0 saturated carbocycles. The van der Waals surface area contributed by atoms with Gasteiger partial charge in [-0.2, -0.15) is 0 Å². The molecular weight excluding hydrogens is 414 g/mol. The molecule has 2 aromatic heterocycles. The Labute approximate surface area is 196 Å². The van der Waals surface area contributed by atoms with Gasteiger partial charge in [-0.25, -0.2) is 0 Å². The van der Waals surface area contributed by atoms with E-state index in [1.807, 2.05) is 0 Å². The number of fused-ring (bicyclic) bond motifs is 2. The Morgan fingerprint density at radius 1 is 0.471 bits per heavy atom. The van der Waals surface area contributed by atoms with E-state index >= 15 is 0 Å². The highest BCUT2D eigenvalue weighted by Gasteiger charge is 2.29. The minimum Gasteiger partial charge on any atom is -0.456 e. The van der Waals surface area contributed by atoms with E-state index < -0.39 is 0 Å². The van der Waals surface area contributed by atoms with Crippen molar-refractivity contribution in [3.8, 4) is 39.2 Å². The molecule has 34 heavy (non-hydrogen) atoms. The van der Waals surface area contributed by atoms with Crippen molar-refractivity contribution in [3.05, 3.63) is 115 Å². The predicted molar refractivity (Wildman–Crippen MR) is 140 cm³/mol. The van der Waals surface area contributed by atoms with Crippen molar-refractivity contribution in [3.63, 3.8) is 0 Å². The van der Waals surface area contributed by atoms with Crippen LogP contribution in [-0.2, 0) is 0 Å². The Bertz CT molecular complexity index is 1890. The van der Waals surface area contributed by atoms with Crippen LogP contribution in [0.3, 0.4) is 0 Å². The molecule has 2 nitrogen and oxygen atoms in total. The van der Waals surface area contributed by atoms with Crippen molar-refractivity contribution in [2.24, 2.45) is 0 Å². The summed E-state index contributed by atoms with van der Waals surface area (Å²) in [6.07, 6.45) is 0. The molecule has 0 N–H and O–H groups in total. The van der Waals surface area contributed by atoms with E-state index in [2.05, 4.69) is 120 Å². The third-order valence-electron chi connectivity index (χ3n) is 7.14. The Balaban J connectivity index is 1.69. The second kappa shape index (κ2) is 6.49. The molecule has 1 aliphatic rings.